The largest absolute Gasteiger partial charge is 0.381 e. The Bertz CT molecular complexity index is 405. The Balaban J connectivity index is 1.97. The average molecular weight is 241 g/mol. The first-order chi connectivity index (χ1) is 7.84. The van der Waals surface area contributed by atoms with Crippen LogP contribution in [-0.4, -0.2) is 29.8 Å². The molecule has 4 nitrogen and oxygen atoms in total. The molecule has 0 aromatic carbocycles. The fourth-order valence-corrected chi connectivity index (χ4v) is 2.38. The minimum absolute atomic E-state index is 0.311. The van der Waals surface area contributed by atoms with Gasteiger partial charge in [0.05, 0.1) is 25.5 Å². The second-order valence-corrected chi connectivity index (χ2v) is 4.52. The summed E-state index contributed by atoms with van der Waals surface area (Å²) in [5.74, 6) is 1.15. The van der Waals surface area contributed by atoms with Crippen molar-refractivity contribution >= 4 is 11.6 Å². The van der Waals surface area contributed by atoms with Gasteiger partial charge in [0.25, 0.3) is 0 Å². The Kier molecular flexibility index (Phi) is 2.79. The SMILES string of the molecule is Clc1nc(C2CCOC2)nc2c1COCC2. The summed E-state index contributed by atoms with van der Waals surface area (Å²) in [6, 6.07) is 0. The van der Waals surface area contributed by atoms with Crippen molar-refractivity contribution in [2.75, 3.05) is 19.8 Å². The number of nitrogens with zero attached hydrogens (tertiary/aromatic N) is 2. The van der Waals surface area contributed by atoms with E-state index in [2.05, 4.69) is 9.97 Å². The van der Waals surface area contributed by atoms with Crippen LogP contribution in [0.15, 0.2) is 0 Å². The topological polar surface area (TPSA) is 44.2 Å². The first-order valence-electron chi connectivity index (χ1n) is 5.55. The fraction of sp³-hybridized carbons (Fsp3) is 0.636. The minimum atomic E-state index is 0.311. The highest BCUT2D eigenvalue weighted by molar-refractivity contribution is 6.30. The van der Waals surface area contributed by atoms with Crippen molar-refractivity contribution in [2.45, 2.75) is 25.4 Å². The smallest absolute Gasteiger partial charge is 0.138 e. The van der Waals surface area contributed by atoms with Crippen molar-refractivity contribution in [2.24, 2.45) is 0 Å². The molecule has 2 aliphatic heterocycles. The zero-order valence-electron chi connectivity index (χ0n) is 8.91. The molecule has 5 heteroatoms. The standard InChI is InChI=1S/C11H13ClN2O2/c12-10-8-6-16-4-2-9(8)13-11(14-10)7-1-3-15-5-7/h7H,1-6H2. The third-order valence-corrected chi connectivity index (χ3v) is 3.40. The summed E-state index contributed by atoms with van der Waals surface area (Å²) in [5, 5.41) is 0.548. The van der Waals surface area contributed by atoms with Gasteiger partial charge in [0.2, 0.25) is 0 Å². The average Bonchev–Trinajstić information content (AvgIpc) is 2.82. The molecule has 0 amide bonds. The summed E-state index contributed by atoms with van der Waals surface area (Å²) in [5.41, 5.74) is 2.00. The van der Waals surface area contributed by atoms with Gasteiger partial charge in [-0.05, 0) is 6.42 Å². The summed E-state index contributed by atoms with van der Waals surface area (Å²) in [6.45, 7) is 2.77. The number of fused-ring (bicyclic) bond motifs is 1. The van der Waals surface area contributed by atoms with Crippen LogP contribution in [0.1, 0.15) is 29.4 Å². The first kappa shape index (κ1) is 10.4. The molecule has 16 heavy (non-hydrogen) atoms. The summed E-state index contributed by atoms with van der Waals surface area (Å²) in [4.78, 5) is 8.96. The maximum absolute atomic E-state index is 6.15. The number of hydrogen-bond acceptors (Lipinski definition) is 4. The van der Waals surface area contributed by atoms with E-state index in [1.807, 2.05) is 0 Å². The molecule has 3 heterocycles. The monoisotopic (exact) mass is 240 g/mol. The summed E-state index contributed by atoms with van der Waals surface area (Å²) < 4.78 is 10.7. The molecule has 3 rings (SSSR count). The van der Waals surface area contributed by atoms with E-state index in [9.17, 15) is 0 Å². The van der Waals surface area contributed by atoms with E-state index >= 15 is 0 Å². The highest BCUT2D eigenvalue weighted by Gasteiger charge is 2.24. The van der Waals surface area contributed by atoms with Crippen LogP contribution in [-0.2, 0) is 22.5 Å². The molecule has 1 saturated heterocycles. The predicted octanol–water partition coefficient (Wildman–Crippen LogP) is 1.71. The predicted molar refractivity (Wildman–Crippen MR) is 58.6 cm³/mol. The Morgan fingerprint density at radius 1 is 1.19 bits per heavy atom. The van der Waals surface area contributed by atoms with Gasteiger partial charge in [-0.15, -0.1) is 0 Å². The van der Waals surface area contributed by atoms with Crippen LogP contribution < -0.4 is 0 Å². The molecule has 0 N–H and O–H groups in total. The maximum Gasteiger partial charge on any atom is 0.138 e. The van der Waals surface area contributed by atoms with Crippen molar-refractivity contribution in [3.05, 3.63) is 22.2 Å². The lowest BCUT2D eigenvalue weighted by Crippen LogP contribution is -2.16. The molecule has 1 aromatic heterocycles. The van der Waals surface area contributed by atoms with Gasteiger partial charge in [0.15, 0.2) is 0 Å². The maximum atomic E-state index is 6.15. The zero-order valence-corrected chi connectivity index (χ0v) is 9.66. The third kappa shape index (κ3) is 1.81. The number of rotatable bonds is 1. The summed E-state index contributed by atoms with van der Waals surface area (Å²) >= 11 is 6.15. The number of aromatic nitrogens is 2. The first-order valence-corrected chi connectivity index (χ1v) is 5.93. The van der Waals surface area contributed by atoms with Gasteiger partial charge in [-0.1, -0.05) is 11.6 Å². The Labute approximate surface area is 98.9 Å². The van der Waals surface area contributed by atoms with Crippen molar-refractivity contribution in [1.29, 1.82) is 0 Å². The molecule has 1 unspecified atom stereocenters. The van der Waals surface area contributed by atoms with E-state index in [0.717, 1.165) is 43.1 Å². The van der Waals surface area contributed by atoms with E-state index in [0.29, 0.717) is 24.3 Å². The molecule has 1 atom stereocenters. The van der Waals surface area contributed by atoms with Crippen LogP contribution in [0.3, 0.4) is 0 Å². The molecule has 2 aliphatic rings. The molecular formula is C11H13ClN2O2. The molecule has 0 radical (unpaired) electrons. The normalized spacial score (nSPS) is 24.4. The molecule has 86 valence electrons. The van der Waals surface area contributed by atoms with Gasteiger partial charge in [0, 0.05) is 24.5 Å². The summed E-state index contributed by atoms with van der Waals surface area (Å²) in [7, 11) is 0. The van der Waals surface area contributed by atoms with Crippen LogP contribution >= 0.6 is 11.6 Å². The van der Waals surface area contributed by atoms with Gasteiger partial charge < -0.3 is 9.47 Å². The second kappa shape index (κ2) is 4.28. The lowest BCUT2D eigenvalue weighted by molar-refractivity contribution is 0.108. The third-order valence-electron chi connectivity index (χ3n) is 3.08. The number of hydrogen-bond donors (Lipinski definition) is 0. The van der Waals surface area contributed by atoms with E-state index in [1.54, 1.807) is 0 Å². The van der Waals surface area contributed by atoms with Crippen LogP contribution in [0.5, 0.6) is 0 Å². The summed E-state index contributed by atoms with van der Waals surface area (Å²) in [6.07, 6.45) is 1.82. The van der Waals surface area contributed by atoms with Gasteiger partial charge >= 0.3 is 0 Å². The van der Waals surface area contributed by atoms with E-state index in [-0.39, 0.29) is 0 Å². The van der Waals surface area contributed by atoms with Gasteiger partial charge in [-0.3, -0.25) is 0 Å². The van der Waals surface area contributed by atoms with Crippen LogP contribution in [0.2, 0.25) is 5.15 Å². The molecule has 0 spiro atoms. The molecule has 0 aliphatic carbocycles. The molecule has 1 fully saturated rings. The number of ether oxygens (including phenoxy) is 2. The highest BCUT2D eigenvalue weighted by Crippen LogP contribution is 2.27. The molecule has 1 aromatic rings. The molecule has 0 saturated carbocycles. The van der Waals surface area contributed by atoms with Crippen molar-refractivity contribution < 1.29 is 9.47 Å². The molecule has 0 bridgehead atoms. The van der Waals surface area contributed by atoms with Crippen LogP contribution in [0.25, 0.3) is 0 Å². The Morgan fingerprint density at radius 2 is 2.12 bits per heavy atom. The lowest BCUT2D eigenvalue weighted by Gasteiger charge is -2.18. The Hall–Kier alpha value is -0.710. The van der Waals surface area contributed by atoms with E-state index < -0.39 is 0 Å². The van der Waals surface area contributed by atoms with Gasteiger partial charge in [0.1, 0.15) is 11.0 Å². The zero-order chi connectivity index (χ0) is 11.0. The minimum Gasteiger partial charge on any atom is -0.381 e. The van der Waals surface area contributed by atoms with Gasteiger partial charge in [-0.25, -0.2) is 9.97 Å². The Morgan fingerprint density at radius 3 is 2.94 bits per heavy atom. The number of halogens is 1. The van der Waals surface area contributed by atoms with Crippen LogP contribution in [0, 0.1) is 0 Å². The highest BCUT2D eigenvalue weighted by atomic mass is 35.5. The van der Waals surface area contributed by atoms with Crippen LogP contribution in [0.4, 0.5) is 0 Å². The second-order valence-electron chi connectivity index (χ2n) is 4.16. The fourth-order valence-electron chi connectivity index (χ4n) is 2.13. The van der Waals surface area contributed by atoms with Crippen molar-refractivity contribution in [3.63, 3.8) is 0 Å². The van der Waals surface area contributed by atoms with E-state index in [4.69, 9.17) is 21.1 Å². The van der Waals surface area contributed by atoms with Gasteiger partial charge in [-0.2, -0.15) is 0 Å². The molecular weight excluding hydrogens is 228 g/mol. The van der Waals surface area contributed by atoms with Crippen molar-refractivity contribution in [1.82, 2.24) is 9.97 Å². The van der Waals surface area contributed by atoms with Crippen molar-refractivity contribution in [3.8, 4) is 0 Å². The lowest BCUT2D eigenvalue weighted by atomic mass is 10.1. The van der Waals surface area contributed by atoms with E-state index in [1.165, 1.54) is 0 Å². The quantitative estimate of drug-likeness (QED) is 0.701.